The summed E-state index contributed by atoms with van der Waals surface area (Å²) in [7, 11) is 0. The summed E-state index contributed by atoms with van der Waals surface area (Å²) in [6.45, 7) is 4.14. The molecule has 1 saturated heterocycles. The van der Waals surface area contributed by atoms with Crippen molar-refractivity contribution in [3.63, 3.8) is 0 Å². The van der Waals surface area contributed by atoms with Crippen molar-refractivity contribution in [2.24, 2.45) is 0 Å². The second kappa shape index (κ2) is 6.97. The average Bonchev–Trinajstić information content (AvgIpc) is 2.48. The van der Waals surface area contributed by atoms with E-state index >= 15 is 0 Å². The molecule has 0 atom stereocenters. The van der Waals surface area contributed by atoms with E-state index in [-0.39, 0.29) is 17.0 Å². The van der Waals surface area contributed by atoms with Crippen molar-refractivity contribution in [1.29, 1.82) is 0 Å². The van der Waals surface area contributed by atoms with E-state index in [2.05, 4.69) is 4.90 Å². The van der Waals surface area contributed by atoms with Gasteiger partial charge in [-0.25, -0.2) is 0 Å². The quantitative estimate of drug-likeness (QED) is 0.441. The molecule has 1 heterocycles. The van der Waals surface area contributed by atoms with Gasteiger partial charge in [0.2, 0.25) is 0 Å². The normalized spacial score (nSPS) is 15.8. The van der Waals surface area contributed by atoms with Gasteiger partial charge in [0, 0.05) is 31.3 Å². The van der Waals surface area contributed by atoms with Crippen molar-refractivity contribution >= 4 is 12.0 Å². The monoisotopic (exact) mass is 280 g/mol. The van der Waals surface area contributed by atoms with E-state index in [0.29, 0.717) is 32.7 Å². The van der Waals surface area contributed by atoms with E-state index in [1.165, 1.54) is 18.2 Å². The van der Waals surface area contributed by atoms with Crippen LogP contribution >= 0.6 is 0 Å². The SMILES string of the molecule is O=Cc1ccc(OCCN2CCOCC2)c([N+](=O)[O-])c1. The highest BCUT2D eigenvalue weighted by Gasteiger charge is 2.16. The summed E-state index contributed by atoms with van der Waals surface area (Å²) in [6, 6.07) is 4.18. The van der Waals surface area contributed by atoms with Crippen LogP contribution in [0.25, 0.3) is 0 Å². The van der Waals surface area contributed by atoms with Crippen molar-refractivity contribution in [3.8, 4) is 5.75 Å². The number of carbonyl (C=O) groups excluding carboxylic acids is 1. The summed E-state index contributed by atoms with van der Waals surface area (Å²) < 4.78 is 10.7. The lowest BCUT2D eigenvalue weighted by atomic mass is 10.2. The molecule has 1 aliphatic heterocycles. The molecule has 0 aliphatic carbocycles. The maximum Gasteiger partial charge on any atom is 0.311 e. The summed E-state index contributed by atoms with van der Waals surface area (Å²) in [5, 5.41) is 10.9. The second-order valence-electron chi connectivity index (χ2n) is 4.40. The number of ether oxygens (including phenoxy) is 2. The van der Waals surface area contributed by atoms with Crippen LogP contribution in [-0.4, -0.2) is 55.6 Å². The van der Waals surface area contributed by atoms with E-state index in [0.717, 1.165) is 13.1 Å². The number of hydrogen-bond donors (Lipinski definition) is 0. The predicted octanol–water partition coefficient (Wildman–Crippen LogP) is 1.12. The number of aldehydes is 1. The molecular formula is C13H16N2O5. The Morgan fingerprint density at radius 3 is 2.80 bits per heavy atom. The predicted molar refractivity (Wildman–Crippen MR) is 71.2 cm³/mol. The largest absolute Gasteiger partial charge is 0.485 e. The number of morpholine rings is 1. The zero-order valence-corrected chi connectivity index (χ0v) is 11.0. The van der Waals surface area contributed by atoms with Gasteiger partial charge in [-0.1, -0.05) is 0 Å². The minimum atomic E-state index is -0.545. The van der Waals surface area contributed by atoms with Crippen LogP contribution in [0.1, 0.15) is 10.4 Å². The lowest BCUT2D eigenvalue weighted by Gasteiger charge is -2.26. The minimum Gasteiger partial charge on any atom is -0.485 e. The summed E-state index contributed by atoms with van der Waals surface area (Å²) in [4.78, 5) is 23.2. The Morgan fingerprint density at radius 1 is 1.40 bits per heavy atom. The van der Waals surface area contributed by atoms with Gasteiger partial charge in [0.25, 0.3) is 0 Å². The van der Waals surface area contributed by atoms with Crippen LogP contribution in [0.5, 0.6) is 5.75 Å². The summed E-state index contributed by atoms with van der Waals surface area (Å²) in [5.74, 6) is 0.189. The molecule has 7 heteroatoms. The van der Waals surface area contributed by atoms with Gasteiger partial charge in [-0.2, -0.15) is 0 Å². The van der Waals surface area contributed by atoms with E-state index in [9.17, 15) is 14.9 Å². The molecule has 0 radical (unpaired) electrons. The molecule has 7 nitrogen and oxygen atoms in total. The van der Waals surface area contributed by atoms with Crippen LogP contribution in [0.3, 0.4) is 0 Å². The Kier molecular flexibility index (Phi) is 5.03. The highest BCUT2D eigenvalue weighted by atomic mass is 16.6. The molecule has 0 aromatic heterocycles. The maximum atomic E-state index is 10.9. The third kappa shape index (κ3) is 3.75. The van der Waals surface area contributed by atoms with Gasteiger partial charge in [-0.3, -0.25) is 19.8 Å². The van der Waals surface area contributed by atoms with Gasteiger partial charge >= 0.3 is 5.69 Å². The maximum absolute atomic E-state index is 10.9. The highest BCUT2D eigenvalue weighted by molar-refractivity contribution is 5.77. The molecule has 0 bridgehead atoms. The fraction of sp³-hybridized carbons (Fsp3) is 0.462. The van der Waals surface area contributed by atoms with E-state index < -0.39 is 4.92 Å². The third-order valence-electron chi connectivity index (χ3n) is 3.08. The van der Waals surface area contributed by atoms with Crippen LogP contribution in [0.15, 0.2) is 18.2 Å². The van der Waals surface area contributed by atoms with Crippen molar-refractivity contribution < 1.29 is 19.2 Å². The minimum absolute atomic E-state index is 0.184. The molecule has 1 fully saturated rings. The Labute approximate surface area is 116 Å². The number of nitrogens with zero attached hydrogens (tertiary/aromatic N) is 2. The molecule has 0 amide bonds. The number of rotatable bonds is 6. The number of benzene rings is 1. The Hall–Kier alpha value is -1.99. The first-order valence-electron chi connectivity index (χ1n) is 6.37. The zero-order chi connectivity index (χ0) is 14.4. The lowest BCUT2D eigenvalue weighted by molar-refractivity contribution is -0.385. The van der Waals surface area contributed by atoms with E-state index in [4.69, 9.17) is 9.47 Å². The first-order chi connectivity index (χ1) is 9.70. The van der Waals surface area contributed by atoms with Gasteiger partial charge < -0.3 is 9.47 Å². The number of nitro groups is 1. The van der Waals surface area contributed by atoms with Crippen molar-refractivity contribution in [2.45, 2.75) is 0 Å². The highest BCUT2D eigenvalue weighted by Crippen LogP contribution is 2.27. The first-order valence-corrected chi connectivity index (χ1v) is 6.37. The molecule has 1 aromatic rings. The summed E-state index contributed by atoms with van der Waals surface area (Å²) in [6.07, 6.45) is 0.574. The van der Waals surface area contributed by atoms with Gasteiger partial charge in [0.15, 0.2) is 5.75 Å². The lowest BCUT2D eigenvalue weighted by Crippen LogP contribution is -2.38. The Bertz CT molecular complexity index is 486. The smallest absolute Gasteiger partial charge is 0.311 e. The molecule has 0 unspecified atom stereocenters. The molecule has 108 valence electrons. The standard InChI is InChI=1S/C13H16N2O5/c16-10-11-1-2-13(12(9-11)15(17)18)20-8-5-14-3-6-19-7-4-14/h1-2,9-10H,3-8H2. The van der Waals surface area contributed by atoms with E-state index in [1.807, 2.05) is 0 Å². The van der Waals surface area contributed by atoms with Gasteiger partial charge in [0.05, 0.1) is 18.1 Å². The topological polar surface area (TPSA) is 81.9 Å². The van der Waals surface area contributed by atoms with E-state index in [1.54, 1.807) is 0 Å². The molecule has 1 aliphatic rings. The fourth-order valence-corrected chi connectivity index (χ4v) is 1.98. The number of hydrogen-bond acceptors (Lipinski definition) is 6. The summed E-state index contributed by atoms with van der Waals surface area (Å²) >= 11 is 0. The molecular weight excluding hydrogens is 264 g/mol. The Balaban J connectivity index is 1.94. The Morgan fingerprint density at radius 2 is 2.15 bits per heavy atom. The molecule has 0 saturated carbocycles. The van der Waals surface area contributed by atoms with Crippen molar-refractivity contribution in [1.82, 2.24) is 4.90 Å². The first kappa shape index (κ1) is 14.4. The van der Waals surface area contributed by atoms with Crippen LogP contribution in [0.2, 0.25) is 0 Å². The number of carbonyl (C=O) groups is 1. The van der Waals surface area contributed by atoms with Crippen LogP contribution in [0, 0.1) is 10.1 Å². The zero-order valence-electron chi connectivity index (χ0n) is 11.0. The fourth-order valence-electron chi connectivity index (χ4n) is 1.98. The van der Waals surface area contributed by atoms with Crippen molar-refractivity contribution in [2.75, 3.05) is 39.5 Å². The molecule has 0 spiro atoms. The van der Waals surface area contributed by atoms with Gasteiger partial charge in [0.1, 0.15) is 12.9 Å². The van der Waals surface area contributed by atoms with Crippen LogP contribution < -0.4 is 4.74 Å². The molecule has 20 heavy (non-hydrogen) atoms. The molecule has 1 aromatic carbocycles. The van der Waals surface area contributed by atoms with Crippen molar-refractivity contribution in [3.05, 3.63) is 33.9 Å². The van der Waals surface area contributed by atoms with Gasteiger partial charge in [-0.15, -0.1) is 0 Å². The third-order valence-corrected chi connectivity index (χ3v) is 3.08. The molecule has 2 rings (SSSR count). The van der Waals surface area contributed by atoms with Crippen LogP contribution in [0.4, 0.5) is 5.69 Å². The summed E-state index contributed by atoms with van der Waals surface area (Å²) in [5.41, 5.74) is 0.0776. The average molecular weight is 280 g/mol. The van der Waals surface area contributed by atoms with Gasteiger partial charge in [-0.05, 0) is 12.1 Å². The second-order valence-corrected chi connectivity index (χ2v) is 4.40. The number of nitro benzene ring substituents is 1. The molecule has 0 N–H and O–H groups in total. The van der Waals surface area contributed by atoms with Crippen LogP contribution in [-0.2, 0) is 4.74 Å².